The number of nitrogens with one attached hydrogen (secondary N) is 1. The molecule has 0 unspecified atom stereocenters. The fourth-order valence-corrected chi connectivity index (χ4v) is 3.83. The Labute approximate surface area is 187 Å². The normalized spacial score (nSPS) is 15.6. The first-order chi connectivity index (χ1) is 15.7. The lowest BCUT2D eigenvalue weighted by Gasteiger charge is -2.36. The molecule has 3 N–H and O–H groups in total. The van der Waals surface area contributed by atoms with Crippen LogP contribution in [0, 0.1) is 0 Å². The molecule has 0 spiro atoms. The number of nitrogen functional groups attached to an aromatic ring is 1. The number of nitrogens with two attached hydrogens (primary N) is 1. The van der Waals surface area contributed by atoms with E-state index in [9.17, 15) is 18.0 Å². The maximum Gasteiger partial charge on any atom is 0.573 e. The van der Waals surface area contributed by atoms with E-state index in [4.69, 9.17) is 10.5 Å². The van der Waals surface area contributed by atoms with E-state index in [0.29, 0.717) is 31.7 Å². The third kappa shape index (κ3) is 5.23. The largest absolute Gasteiger partial charge is 0.573 e. The zero-order valence-electron chi connectivity index (χ0n) is 17.4. The van der Waals surface area contributed by atoms with Gasteiger partial charge in [0.25, 0.3) is 0 Å². The van der Waals surface area contributed by atoms with E-state index in [1.54, 1.807) is 12.4 Å². The summed E-state index contributed by atoms with van der Waals surface area (Å²) in [7, 11) is 0. The number of hydrogen-bond acceptors (Lipinski definition) is 6. The third-order valence-electron chi connectivity index (χ3n) is 5.57. The highest BCUT2D eigenvalue weighted by Crippen LogP contribution is 2.37. The minimum atomic E-state index is -4.78. The van der Waals surface area contributed by atoms with Crippen LogP contribution < -0.4 is 15.8 Å². The van der Waals surface area contributed by atoms with Crippen molar-refractivity contribution in [2.75, 3.05) is 24.3 Å². The number of aromatic nitrogens is 2. The molecule has 1 amide bonds. The molecule has 10 heteroatoms. The molecule has 1 fully saturated rings. The molecule has 0 saturated carbocycles. The van der Waals surface area contributed by atoms with Crippen molar-refractivity contribution in [3.63, 3.8) is 0 Å². The first kappa shape index (κ1) is 22.5. The second-order valence-electron chi connectivity index (χ2n) is 7.63. The summed E-state index contributed by atoms with van der Waals surface area (Å²) < 4.78 is 46.5. The minimum absolute atomic E-state index is 0.186. The molecule has 0 bridgehead atoms. The molecule has 2 aromatic carbocycles. The Morgan fingerprint density at radius 3 is 2.15 bits per heavy atom. The number of alkyl halides is 3. The number of rotatable bonds is 5. The van der Waals surface area contributed by atoms with E-state index in [-0.39, 0.29) is 17.6 Å². The number of anilines is 2. The topological polar surface area (TPSA) is 99.4 Å². The van der Waals surface area contributed by atoms with Crippen LogP contribution in [0.1, 0.15) is 18.4 Å². The summed E-state index contributed by atoms with van der Waals surface area (Å²) >= 11 is 0. The molecular formula is C23H21F3N4O3. The number of halogens is 3. The second kappa shape index (κ2) is 9.07. The van der Waals surface area contributed by atoms with E-state index < -0.39 is 11.8 Å². The quantitative estimate of drug-likeness (QED) is 0.591. The van der Waals surface area contributed by atoms with Gasteiger partial charge in [0.2, 0.25) is 11.9 Å². The molecule has 7 nitrogen and oxygen atoms in total. The zero-order chi connectivity index (χ0) is 23.5. The van der Waals surface area contributed by atoms with Gasteiger partial charge in [0.1, 0.15) is 5.75 Å². The third-order valence-corrected chi connectivity index (χ3v) is 5.57. The second-order valence-corrected chi connectivity index (χ2v) is 7.63. The van der Waals surface area contributed by atoms with Gasteiger partial charge in [-0.3, -0.25) is 4.79 Å². The SMILES string of the molecule is Nc1ncc(-c2ccc(C3(C(=O)Nc4ccc(OC(F)(F)F)cc4)CCOCC3)cc2)cn1. The van der Waals surface area contributed by atoms with Gasteiger partial charge in [-0.1, -0.05) is 24.3 Å². The lowest BCUT2D eigenvalue weighted by atomic mass is 9.73. The van der Waals surface area contributed by atoms with Crippen molar-refractivity contribution in [3.05, 3.63) is 66.5 Å². The molecule has 33 heavy (non-hydrogen) atoms. The lowest BCUT2D eigenvalue weighted by molar-refractivity contribution is -0.274. The molecule has 3 aromatic rings. The molecule has 4 rings (SSSR count). The summed E-state index contributed by atoms with van der Waals surface area (Å²) in [5, 5.41) is 2.83. The number of carbonyl (C=O) groups is 1. The molecule has 0 radical (unpaired) electrons. The van der Waals surface area contributed by atoms with Crippen LogP contribution in [0.3, 0.4) is 0 Å². The molecule has 0 aliphatic carbocycles. The van der Waals surface area contributed by atoms with Crippen LogP contribution in [0.5, 0.6) is 5.75 Å². The number of ether oxygens (including phenoxy) is 2. The fourth-order valence-electron chi connectivity index (χ4n) is 3.83. The van der Waals surface area contributed by atoms with Crippen molar-refractivity contribution in [3.8, 4) is 16.9 Å². The van der Waals surface area contributed by atoms with Gasteiger partial charge in [-0.15, -0.1) is 13.2 Å². The molecular weight excluding hydrogens is 437 g/mol. The zero-order valence-corrected chi connectivity index (χ0v) is 17.4. The number of nitrogens with zero attached hydrogens (tertiary/aromatic N) is 2. The van der Waals surface area contributed by atoms with Crippen LogP contribution in [0.2, 0.25) is 0 Å². The van der Waals surface area contributed by atoms with Gasteiger partial charge in [-0.2, -0.15) is 0 Å². The Morgan fingerprint density at radius 1 is 0.970 bits per heavy atom. The number of hydrogen-bond donors (Lipinski definition) is 2. The van der Waals surface area contributed by atoms with Crippen molar-refractivity contribution in [2.24, 2.45) is 0 Å². The predicted octanol–water partition coefficient (Wildman–Crippen LogP) is 4.31. The monoisotopic (exact) mass is 458 g/mol. The van der Waals surface area contributed by atoms with Gasteiger partial charge < -0.3 is 20.5 Å². The number of carbonyl (C=O) groups excluding carboxylic acids is 1. The van der Waals surface area contributed by atoms with Gasteiger partial charge >= 0.3 is 6.36 Å². The Kier molecular flexibility index (Phi) is 6.19. The van der Waals surface area contributed by atoms with E-state index in [0.717, 1.165) is 28.8 Å². The van der Waals surface area contributed by atoms with Crippen LogP contribution in [0.4, 0.5) is 24.8 Å². The first-order valence-corrected chi connectivity index (χ1v) is 10.2. The maximum absolute atomic E-state index is 13.4. The van der Waals surface area contributed by atoms with Crippen LogP contribution in [0.15, 0.2) is 60.9 Å². The van der Waals surface area contributed by atoms with Gasteiger partial charge in [-0.25, -0.2) is 9.97 Å². The summed E-state index contributed by atoms with van der Waals surface area (Å²) in [5.74, 6) is -0.423. The molecule has 2 heterocycles. The van der Waals surface area contributed by atoms with Crippen molar-refractivity contribution in [2.45, 2.75) is 24.6 Å². The van der Waals surface area contributed by atoms with Gasteiger partial charge in [-0.05, 0) is 48.2 Å². The van der Waals surface area contributed by atoms with E-state index in [2.05, 4.69) is 20.0 Å². The molecule has 0 atom stereocenters. The van der Waals surface area contributed by atoms with E-state index >= 15 is 0 Å². The Balaban J connectivity index is 1.55. The molecule has 1 aromatic heterocycles. The molecule has 1 saturated heterocycles. The Hall–Kier alpha value is -3.66. The average Bonchev–Trinajstić information content (AvgIpc) is 2.80. The molecule has 1 aliphatic heterocycles. The van der Waals surface area contributed by atoms with Gasteiger partial charge in [0.15, 0.2) is 0 Å². The molecule has 172 valence electrons. The van der Waals surface area contributed by atoms with E-state index in [1.807, 2.05) is 24.3 Å². The summed E-state index contributed by atoms with van der Waals surface area (Å²) in [6.45, 7) is 0.832. The van der Waals surface area contributed by atoms with Crippen LogP contribution in [-0.2, 0) is 14.9 Å². The standard InChI is InChI=1S/C23H21F3N4O3/c24-23(25,26)33-19-7-5-18(6-8-19)30-20(31)22(9-11-32-12-10-22)17-3-1-15(2-4-17)16-13-28-21(27)29-14-16/h1-8,13-14H,9-12H2,(H,30,31)(H2,27,28,29). The van der Waals surface area contributed by atoms with Gasteiger partial charge in [0, 0.05) is 36.9 Å². The maximum atomic E-state index is 13.4. The lowest BCUT2D eigenvalue weighted by Crippen LogP contribution is -2.44. The Bertz CT molecular complexity index is 1100. The highest BCUT2D eigenvalue weighted by Gasteiger charge is 2.41. The predicted molar refractivity (Wildman–Crippen MR) is 115 cm³/mol. The minimum Gasteiger partial charge on any atom is -0.406 e. The highest BCUT2D eigenvalue weighted by molar-refractivity contribution is 5.99. The van der Waals surface area contributed by atoms with Crippen molar-refractivity contribution in [1.29, 1.82) is 0 Å². The van der Waals surface area contributed by atoms with Crippen molar-refractivity contribution in [1.82, 2.24) is 9.97 Å². The molecule has 1 aliphatic rings. The van der Waals surface area contributed by atoms with E-state index in [1.165, 1.54) is 12.1 Å². The average molecular weight is 458 g/mol. The summed E-state index contributed by atoms with van der Waals surface area (Å²) in [4.78, 5) is 21.4. The summed E-state index contributed by atoms with van der Waals surface area (Å²) in [6.07, 6.45) is -0.584. The van der Waals surface area contributed by atoms with Crippen molar-refractivity contribution < 1.29 is 27.4 Å². The van der Waals surface area contributed by atoms with Crippen molar-refractivity contribution >= 4 is 17.5 Å². The van der Waals surface area contributed by atoms with Crippen LogP contribution >= 0.6 is 0 Å². The summed E-state index contributed by atoms with van der Waals surface area (Å²) in [5.41, 5.74) is 7.56. The van der Waals surface area contributed by atoms with Crippen LogP contribution in [0.25, 0.3) is 11.1 Å². The first-order valence-electron chi connectivity index (χ1n) is 10.2. The van der Waals surface area contributed by atoms with Gasteiger partial charge in [0.05, 0.1) is 5.41 Å². The fraction of sp³-hybridized carbons (Fsp3) is 0.261. The smallest absolute Gasteiger partial charge is 0.406 e. The Morgan fingerprint density at radius 2 is 1.58 bits per heavy atom. The summed E-state index contributed by atoms with van der Waals surface area (Å²) in [6, 6.07) is 12.6. The number of benzene rings is 2. The van der Waals surface area contributed by atoms with Crippen LogP contribution in [-0.4, -0.2) is 35.5 Å². The number of amides is 1. The highest BCUT2D eigenvalue weighted by atomic mass is 19.4.